The van der Waals surface area contributed by atoms with Gasteiger partial charge in [-0.15, -0.1) is 0 Å². The van der Waals surface area contributed by atoms with Crippen LogP contribution >= 0.6 is 0 Å². The van der Waals surface area contributed by atoms with Crippen LogP contribution in [0.4, 0.5) is 14.5 Å². The van der Waals surface area contributed by atoms with E-state index >= 15 is 0 Å². The van der Waals surface area contributed by atoms with Gasteiger partial charge in [-0.2, -0.15) is 0 Å². The van der Waals surface area contributed by atoms with Crippen LogP contribution in [-0.2, 0) is 10.0 Å². The fraction of sp³-hybridized carbons (Fsp3) is 0. The van der Waals surface area contributed by atoms with Crippen molar-refractivity contribution in [1.29, 1.82) is 0 Å². The second kappa shape index (κ2) is 2.93. The highest BCUT2D eigenvalue weighted by Crippen LogP contribution is 2.19. The molecule has 1 aromatic carbocycles. The minimum atomic E-state index is -4.19. The Morgan fingerprint density at radius 3 is 2.15 bits per heavy atom. The molecule has 0 fully saturated rings. The molecule has 0 radical (unpaired) electrons. The highest BCUT2D eigenvalue weighted by atomic mass is 32.2. The van der Waals surface area contributed by atoms with E-state index in [1.807, 2.05) is 0 Å². The predicted molar refractivity (Wildman–Crippen MR) is 42.1 cm³/mol. The fourth-order valence-corrected chi connectivity index (χ4v) is 1.38. The molecule has 1 aromatic rings. The van der Waals surface area contributed by atoms with Gasteiger partial charge in [-0.05, 0) is 6.07 Å². The second-order valence-corrected chi connectivity index (χ2v) is 3.88. The van der Waals surface area contributed by atoms with Crippen molar-refractivity contribution in [3.05, 3.63) is 23.8 Å². The van der Waals surface area contributed by atoms with Crippen molar-refractivity contribution < 1.29 is 17.2 Å². The first-order valence-corrected chi connectivity index (χ1v) is 4.64. The maximum atomic E-state index is 12.8. The number of nitrogen functional groups attached to an aromatic ring is 1. The summed E-state index contributed by atoms with van der Waals surface area (Å²) in [6, 6.07) is 1.01. The molecule has 0 aliphatic carbocycles. The summed E-state index contributed by atoms with van der Waals surface area (Å²) in [5.74, 6) is -2.28. The minimum Gasteiger partial charge on any atom is -0.396 e. The molecule has 72 valence electrons. The molecule has 0 heterocycles. The average Bonchev–Trinajstić information content (AvgIpc) is 1.94. The zero-order chi connectivity index (χ0) is 10.2. The van der Waals surface area contributed by atoms with E-state index in [1.54, 1.807) is 0 Å². The zero-order valence-electron chi connectivity index (χ0n) is 6.29. The number of primary sulfonamides is 1. The van der Waals surface area contributed by atoms with Crippen LogP contribution in [0.15, 0.2) is 17.0 Å². The summed E-state index contributed by atoms with van der Waals surface area (Å²) in [7, 11) is -4.19. The van der Waals surface area contributed by atoms with Crippen molar-refractivity contribution in [3.8, 4) is 0 Å². The normalized spacial score (nSPS) is 11.6. The molecule has 0 aromatic heterocycles. The molecule has 1 rings (SSSR count). The van der Waals surface area contributed by atoms with Crippen LogP contribution in [0.5, 0.6) is 0 Å². The van der Waals surface area contributed by atoms with E-state index in [9.17, 15) is 17.2 Å². The Morgan fingerprint density at radius 2 is 1.69 bits per heavy atom. The standard InChI is InChI=1S/C6H6F2N2O2S/c7-3-1-4(8)6(2-5(3)9)13(10,11)12/h1-2H,9H2,(H2,10,11,12). The van der Waals surface area contributed by atoms with Gasteiger partial charge in [0.1, 0.15) is 16.5 Å². The molecule has 0 aliphatic heterocycles. The summed E-state index contributed by atoms with van der Waals surface area (Å²) in [6.45, 7) is 0. The maximum Gasteiger partial charge on any atom is 0.241 e. The Labute approximate surface area is 73.2 Å². The molecule has 0 atom stereocenters. The first-order chi connectivity index (χ1) is 5.82. The highest BCUT2D eigenvalue weighted by molar-refractivity contribution is 7.89. The average molecular weight is 208 g/mol. The molecule has 0 spiro atoms. The van der Waals surface area contributed by atoms with Gasteiger partial charge in [0, 0.05) is 6.07 Å². The van der Waals surface area contributed by atoms with Crippen LogP contribution < -0.4 is 10.9 Å². The molecule has 7 heteroatoms. The van der Waals surface area contributed by atoms with Gasteiger partial charge in [-0.25, -0.2) is 22.3 Å². The summed E-state index contributed by atoms with van der Waals surface area (Å²) in [5, 5.41) is 4.63. The first-order valence-electron chi connectivity index (χ1n) is 3.09. The molecule has 0 saturated heterocycles. The molecule has 0 aliphatic rings. The van der Waals surface area contributed by atoms with Crippen molar-refractivity contribution in [2.75, 3.05) is 5.73 Å². The molecule has 0 unspecified atom stereocenters. The monoisotopic (exact) mass is 208 g/mol. The quantitative estimate of drug-likeness (QED) is 0.646. The van der Waals surface area contributed by atoms with Gasteiger partial charge in [-0.1, -0.05) is 0 Å². The smallest absolute Gasteiger partial charge is 0.241 e. The van der Waals surface area contributed by atoms with Crippen LogP contribution in [0.25, 0.3) is 0 Å². The Balaban J connectivity index is 3.50. The van der Waals surface area contributed by atoms with Gasteiger partial charge >= 0.3 is 0 Å². The van der Waals surface area contributed by atoms with Crippen molar-refractivity contribution in [2.24, 2.45) is 5.14 Å². The molecule has 4 N–H and O–H groups in total. The van der Waals surface area contributed by atoms with Gasteiger partial charge in [0.2, 0.25) is 10.0 Å². The van der Waals surface area contributed by atoms with E-state index in [0.717, 1.165) is 0 Å². The maximum absolute atomic E-state index is 12.8. The SMILES string of the molecule is Nc1cc(S(N)(=O)=O)c(F)cc1F. The fourth-order valence-electron chi connectivity index (χ4n) is 0.763. The van der Waals surface area contributed by atoms with Gasteiger partial charge in [0.25, 0.3) is 0 Å². The summed E-state index contributed by atoms with van der Waals surface area (Å²) in [6.07, 6.45) is 0. The number of sulfonamides is 1. The van der Waals surface area contributed by atoms with E-state index in [2.05, 4.69) is 5.14 Å². The first kappa shape index (κ1) is 9.87. The lowest BCUT2D eigenvalue weighted by Gasteiger charge is -2.02. The van der Waals surface area contributed by atoms with Crippen LogP contribution in [-0.4, -0.2) is 8.42 Å². The van der Waals surface area contributed by atoms with Gasteiger partial charge < -0.3 is 5.73 Å². The van der Waals surface area contributed by atoms with Crippen LogP contribution in [0.1, 0.15) is 0 Å². The lowest BCUT2D eigenvalue weighted by molar-refractivity contribution is 0.551. The molecule has 13 heavy (non-hydrogen) atoms. The van der Waals surface area contributed by atoms with Gasteiger partial charge in [-0.3, -0.25) is 0 Å². The van der Waals surface area contributed by atoms with Crippen LogP contribution in [0.2, 0.25) is 0 Å². The predicted octanol–water partition coefficient (Wildman–Crippen LogP) is 0.194. The van der Waals surface area contributed by atoms with E-state index in [0.29, 0.717) is 12.1 Å². The minimum absolute atomic E-state index is 0.370. The number of hydrogen-bond acceptors (Lipinski definition) is 3. The molecular formula is C6H6F2N2O2S. The van der Waals surface area contributed by atoms with Crippen LogP contribution in [0, 0.1) is 11.6 Å². The Kier molecular flexibility index (Phi) is 2.22. The van der Waals surface area contributed by atoms with Crippen molar-refractivity contribution in [1.82, 2.24) is 0 Å². The summed E-state index contributed by atoms with van der Waals surface area (Å²) in [5.41, 5.74) is 4.56. The highest BCUT2D eigenvalue weighted by Gasteiger charge is 2.16. The summed E-state index contributed by atoms with van der Waals surface area (Å²) >= 11 is 0. The summed E-state index contributed by atoms with van der Waals surface area (Å²) in [4.78, 5) is -0.814. The van der Waals surface area contributed by atoms with Crippen molar-refractivity contribution in [2.45, 2.75) is 4.90 Å². The molecule has 4 nitrogen and oxygen atoms in total. The molecule has 0 saturated carbocycles. The Morgan fingerprint density at radius 1 is 1.15 bits per heavy atom. The number of rotatable bonds is 1. The number of hydrogen-bond donors (Lipinski definition) is 2. The molecular weight excluding hydrogens is 202 g/mol. The third-order valence-electron chi connectivity index (χ3n) is 1.36. The Bertz CT molecular complexity index is 444. The molecule has 0 bridgehead atoms. The number of anilines is 1. The third-order valence-corrected chi connectivity index (χ3v) is 2.28. The van der Waals surface area contributed by atoms with E-state index in [-0.39, 0.29) is 0 Å². The van der Waals surface area contributed by atoms with Crippen molar-refractivity contribution >= 4 is 15.7 Å². The lowest BCUT2D eigenvalue weighted by Crippen LogP contribution is -2.14. The number of nitrogens with two attached hydrogens (primary N) is 2. The van der Waals surface area contributed by atoms with E-state index in [1.165, 1.54) is 0 Å². The summed E-state index contributed by atoms with van der Waals surface area (Å²) < 4.78 is 46.7. The second-order valence-electron chi connectivity index (χ2n) is 2.35. The van der Waals surface area contributed by atoms with Gasteiger partial charge in [0.05, 0.1) is 5.69 Å². The van der Waals surface area contributed by atoms with E-state index < -0.39 is 32.2 Å². The van der Waals surface area contributed by atoms with E-state index in [4.69, 9.17) is 5.73 Å². The zero-order valence-corrected chi connectivity index (χ0v) is 7.11. The third kappa shape index (κ3) is 1.93. The molecule has 0 amide bonds. The largest absolute Gasteiger partial charge is 0.396 e. The number of halogens is 2. The van der Waals surface area contributed by atoms with Crippen LogP contribution in [0.3, 0.4) is 0 Å². The number of benzene rings is 1. The van der Waals surface area contributed by atoms with Crippen molar-refractivity contribution in [3.63, 3.8) is 0 Å². The van der Waals surface area contributed by atoms with Gasteiger partial charge in [0.15, 0.2) is 0 Å². The lowest BCUT2D eigenvalue weighted by atomic mass is 10.3. The Hall–Kier alpha value is -1.21. The topological polar surface area (TPSA) is 86.2 Å².